The minimum atomic E-state index is -0.537. The predicted molar refractivity (Wildman–Crippen MR) is 76.5 cm³/mol. The van der Waals surface area contributed by atoms with Gasteiger partial charge < -0.3 is 10.3 Å². The fourth-order valence-corrected chi connectivity index (χ4v) is 2.64. The first-order chi connectivity index (χ1) is 8.88. The van der Waals surface area contributed by atoms with Gasteiger partial charge in [0.15, 0.2) is 5.82 Å². The normalized spacial score (nSPS) is 15.1. The molecule has 1 aromatic heterocycles. The highest BCUT2D eigenvalue weighted by Gasteiger charge is 2.29. The summed E-state index contributed by atoms with van der Waals surface area (Å²) in [6, 6.07) is 5.26. The molecule has 0 spiro atoms. The zero-order chi connectivity index (χ0) is 14.2. The zero-order valence-corrected chi connectivity index (χ0v) is 12.1. The molecule has 2 N–H and O–H groups in total. The van der Waals surface area contributed by atoms with E-state index in [0.29, 0.717) is 5.52 Å². The summed E-state index contributed by atoms with van der Waals surface area (Å²) in [5, 5.41) is 0. The summed E-state index contributed by atoms with van der Waals surface area (Å²) in [5.41, 5.74) is 7.09. The molecule has 1 heterocycles. The number of hydrogen-bond acceptors (Lipinski definition) is 2. The number of rotatable bonds is 4. The van der Waals surface area contributed by atoms with E-state index in [-0.39, 0.29) is 11.9 Å². The largest absolute Gasteiger partial charge is 0.324 e. The van der Waals surface area contributed by atoms with Crippen LogP contribution in [0.25, 0.3) is 11.0 Å². The molecule has 0 saturated heterocycles. The minimum Gasteiger partial charge on any atom is -0.324 e. The van der Waals surface area contributed by atoms with Crippen LogP contribution >= 0.6 is 0 Å². The van der Waals surface area contributed by atoms with Gasteiger partial charge in [0.1, 0.15) is 11.3 Å². The number of halogens is 1. The average Bonchev–Trinajstić information content (AvgIpc) is 2.70. The summed E-state index contributed by atoms with van der Waals surface area (Å²) >= 11 is 0. The van der Waals surface area contributed by atoms with Gasteiger partial charge in [0.25, 0.3) is 0 Å². The Morgan fingerprint density at radius 1 is 1.42 bits per heavy atom. The molecule has 1 aromatic carbocycles. The Balaban J connectivity index is 2.73. The van der Waals surface area contributed by atoms with Crippen molar-refractivity contribution in [1.82, 2.24) is 9.55 Å². The summed E-state index contributed by atoms with van der Waals surface area (Å²) in [6.45, 7) is 8.19. The molecular weight excluding hydrogens is 241 g/mol. The van der Waals surface area contributed by atoms with E-state index in [1.165, 1.54) is 6.07 Å². The molecule has 0 aliphatic carbocycles. The van der Waals surface area contributed by atoms with Crippen LogP contribution in [0.2, 0.25) is 0 Å². The fourth-order valence-electron chi connectivity index (χ4n) is 2.64. The van der Waals surface area contributed by atoms with Gasteiger partial charge in [-0.1, -0.05) is 19.4 Å². The fraction of sp³-hybridized carbons (Fsp3) is 0.533. The topological polar surface area (TPSA) is 43.8 Å². The van der Waals surface area contributed by atoms with E-state index >= 15 is 0 Å². The van der Waals surface area contributed by atoms with Gasteiger partial charge in [-0.05, 0) is 39.3 Å². The average molecular weight is 263 g/mol. The molecule has 0 amide bonds. The van der Waals surface area contributed by atoms with Gasteiger partial charge in [-0.15, -0.1) is 0 Å². The van der Waals surface area contributed by atoms with Crippen molar-refractivity contribution in [2.24, 2.45) is 5.73 Å². The molecule has 0 bridgehead atoms. The lowest BCUT2D eigenvalue weighted by Gasteiger charge is -2.26. The van der Waals surface area contributed by atoms with E-state index in [2.05, 4.69) is 25.8 Å². The van der Waals surface area contributed by atoms with Crippen molar-refractivity contribution >= 4 is 11.0 Å². The highest BCUT2D eigenvalue weighted by Crippen LogP contribution is 2.30. The van der Waals surface area contributed by atoms with E-state index in [4.69, 9.17) is 5.73 Å². The standard InChI is InChI=1S/C15H22FN3/c1-5-9-15(4,17)14-18-13-11(16)7-6-8-12(13)19(14)10(2)3/h6-8,10H,5,9,17H2,1-4H3. The Kier molecular flexibility index (Phi) is 3.63. The number of para-hydroxylation sites is 1. The van der Waals surface area contributed by atoms with E-state index in [1.54, 1.807) is 6.07 Å². The van der Waals surface area contributed by atoms with Crippen LogP contribution in [0, 0.1) is 5.82 Å². The number of hydrogen-bond donors (Lipinski definition) is 1. The van der Waals surface area contributed by atoms with Crippen molar-refractivity contribution in [2.75, 3.05) is 0 Å². The third-order valence-electron chi connectivity index (χ3n) is 3.47. The van der Waals surface area contributed by atoms with E-state index in [1.807, 2.05) is 17.6 Å². The van der Waals surface area contributed by atoms with Gasteiger partial charge in [-0.25, -0.2) is 9.37 Å². The van der Waals surface area contributed by atoms with Crippen LogP contribution in [0.4, 0.5) is 4.39 Å². The molecule has 4 heteroatoms. The van der Waals surface area contributed by atoms with Crippen LogP contribution in [0.3, 0.4) is 0 Å². The highest BCUT2D eigenvalue weighted by molar-refractivity contribution is 5.77. The van der Waals surface area contributed by atoms with E-state index in [0.717, 1.165) is 24.2 Å². The highest BCUT2D eigenvalue weighted by atomic mass is 19.1. The molecule has 104 valence electrons. The summed E-state index contributed by atoms with van der Waals surface area (Å²) < 4.78 is 16.0. The van der Waals surface area contributed by atoms with Gasteiger partial charge in [0.2, 0.25) is 0 Å². The third-order valence-corrected chi connectivity index (χ3v) is 3.47. The lowest BCUT2D eigenvalue weighted by atomic mass is 9.96. The summed E-state index contributed by atoms with van der Waals surface area (Å²) in [6.07, 6.45) is 1.79. The second kappa shape index (κ2) is 4.93. The maximum Gasteiger partial charge on any atom is 0.151 e. The van der Waals surface area contributed by atoms with Crippen LogP contribution in [0.1, 0.15) is 52.4 Å². The maximum absolute atomic E-state index is 13.9. The van der Waals surface area contributed by atoms with Crippen LogP contribution in [0.15, 0.2) is 18.2 Å². The first kappa shape index (κ1) is 14.0. The quantitative estimate of drug-likeness (QED) is 0.913. The molecule has 0 radical (unpaired) electrons. The summed E-state index contributed by atoms with van der Waals surface area (Å²) in [4.78, 5) is 4.49. The molecule has 19 heavy (non-hydrogen) atoms. The molecule has 0 aliphatic rings. The van der Waals surface area contributed by atoms with Crippen LogP contribution in [0.5, 0.6) is 0 Å². The molecule has 2 rings (SSSR count). The first-order valence-electron chi connectivity index (χ1n) is 6.84. The molecule has 0 fully saturated rings. The first-order valence-corrected chi connectivity index (χ1v) is 6.84. The number of nitrogens with two attached hydrogens (primary N) is 1. The van der Waals surface area contributed by atoms with Gasteiger partial charge in [-0.2, -0.15) is 0 Å². The predicted octanol–water partition coefficient (Wildman–Crippen LogP) is 3.73. The van der Waals surface area contributed by atoms with Gasteiger partial charge in [0.05, 0.1) is 11.1 Å². The molecule has 3 nitrogen and oxygen atoms in total. The van der Waals surface area contributed by atoms with Crippen LogP contribution in [-0.4, -0.2) is 9.55 Å². The summed E-state index contributed by atoms with van der Waals surface area (Å²) in [7, 11) is 0. The Hall–Kier alpha value is -1.42. The van der Waals surface area contributed by atoms with Gasteiger partial charge in [0, 0.05) is 6.04 Å². The van der Waals surface area contributed by atoms with Crippen molar-refractivity contribution in [3.63, 3.8) is 0 Å². The molecule has 0 saturated carbocycles. The monoisotopic (exact) mass is 263 g/mol. The third kappa shape index (κ3) is 2.37. The lowest BCUT2D eigenvalue weighted by Crippen LogP contribution is -2.36. The number of imidazole rings is 1. The van der Waals surface area contributed by atoms with Crippen molar-refractivity contribution in [2.45, 2.75) is 52.1 Å². The molecular formula is C15H22FN3. The smallest absolute Gasteiger partial charge is 0.151 e. The second-order valence-corrected chi connectivity index (χ2v) is 5.67. The maximum atomic E-state index is 13.9. The second-order valence-electron chi connectivity index (χ2n) is 5.67. The number of fused-ring (bicyclic) bond motifs is 1. The molecule has 0 aliphatic heterocycles. The lowest BCUT2D eigenvalue weighted by molar-refractivity contribution is 0.390. The van der Waals surface area contributed by atoms with Crippen LogP contribution in [-0.2, 0) is 5.54 Å². The van der Waals surface area contributed by atoms with Gasteiger partial charge >= 0.3 is 0 Å². The van der Waals surface area contributed by atoms with Crippen molar-refractivity contribution in [1.29, 1.82) is 0 Å². The van der Waals surface area contributed by atoms with E-state index < -0.39 is 5.54 Å². The minimum absolute atomic E-state index is 0.196. The SMILES string of the molecule is CCCC(C)(N)c1nc2c(F)cccc2n1C(C)C. The number of nitrogens with zero attached hydrogens (tertiary/aromatic N) is 2. The Morgan fingerprint density at radius 3 is 2.68 bits per heavy atom. The van der Waals surface area contributed by atoms with Crippen molar-refractivity contribution < 1.29 is 4.39 Å². The van der Waals surface area contributed by atoms with Crippen molar-refractivity contribution in [3.05, 3.63) is 29.8 Å². The van der Waals surface area contributed by atoms with Gasteiger partial charge in [-0.3, -0.25) is 0 Å². The number of benzene rings is 1. The number of aromatic nitrogens is 2. The van der Waals surface area contributed by atoms with Crippen LogP contribution < -0.4 is 5.73 Å². The van der Waals surface area contributed by atoms with E-state index in [9.17, 15) is 4.39 Å². The Morgan fingerprint density at radius 2 is 2.11 bits per heavy atom. The Bertz CT molecular complexity index is 584. The van der Waals surface area contributed by atoms with Crippen molar-refractivity contribution in [3.8, 4) is 0 Å². The molecule has 2 aromatic rings. The summed E-state index contributed by atoms with van der Waals surface area (Å²) in [5.74, 6) is 0.481. The molecule has 1 atom stereocenters. The molecule has 1 unspecified atom stereocenters. The Labute approximate surface area is 113 Å². The zero-order valence-electron chi connectivity index (χ0n) is 12.1.